The number of likely N-dealkylation sites (tertiary alicyclic amines) is 1. The van der Waals surface area contributed by atoms with Crippen molar-refractivity contribution in [2.24, 2.45) is 11.7 Å². The number of piperazine rings is 1. The van der Waals surface area contributed by atoms with Crippen LogP contribution in [0, 0.1) is 5.92 Å². The topological polar surface area (TPSA) is 137 Å². The van der Waals surface area contributed by atoms with Gasteiger partial charge in [-0.1, -0.05) is 6.58 Å². The molecule has 2 saturated heterocycles. The molecule has 2 heterocycles. The number of hydrogen-bond donors (Lipinski definition) is 3. The predicted octanol–water partition coefficient (Wildman–Crippen LogP) is -0.747. The van der Waals surface area contributed by atoms with Gasteiger partial charge in [0.2, 0.25) is 11.8 Å². The summed E-state index contributed by atoms with van der Waals surface area (Å²) in [5.41, 5.74) is 5.44. The molecule has 2 aliphatic rings. The van der Waals surface area contributed by atoms with Gasteiger partial charge in [-0.2, -0.15) is 0 Å². The Morgan fingerprint density at radius 1 is 1.21 bits per heavy atom. The van der Waals surface area contributed by atoms with Crippen LogP contribution in [0.3, 0.4) is 0 Å². The second-order valence-electron chi connectivity index (χ2n) is 6.92. The molecule has 0 radical (unpaired) electrons. The lowest BCUT2D eigenvalue weighted by molar-refractivity contribution is -0.158. The number of nitrogens with one attached hydrogen (secondary N) is 2. The molecule has 0 aromatic carbocycles. The Hall–Kier alpha value is -2.98. The van der Waals surface area contributed by atoms with Crippen molar-refractivity contribution in [3.05, 3.63) is 12.4 Å². The third-order valence-electron chi connectivity index (χ3n) is 5.06. The molecule has 2 aliphatic heterocycles. The minimum atomic E-state index is -0.829. The summed E-state index contributed by atoms with van der Waals surface area (Å²) in [6.07, 6.45) is 0.648. The number of carbonyl (C=O) groups is 4. The Kier molecular flexibility index (Phi) is 7.68. The monoisotopic (exact) mass is 410 g/mol. The first-order chi connectivity index (χ1) is 13.8. The van der Waals surface area contributed by atoms with E-state index in [1.54, 1.807) is 6.92 Å². The normalized spacial score (nSPS) is 21.3. The number of rotatable bonds is 7. The van der Waals surface area contributed by atoms with Gasteiger partial charge in [0.05, 0.1) is 18.3 Å². The number of ether oxygens (including phenoxy) is 1. The summed E-state index contributed by atoms with van der Waals surface area (Å²) in [4.78, 5) is 53.6. The number of imide groups is 1. The van der Waals surface area contributed by atoms with Crippen LogP contribution in [0.15, 0.2) is 12.4 Å². The molecule has 2 unspecified atom stereocenters. The zero-order valence-corrected chi connectivity index (χ0v) is 17.0. The molecule has 0 aliphatic carbocycles. The van der Waals surface area contributed by atoms with Crippen molar-refractivity contribution in [3.63, 3.8) is 0 Å². The summed E-state index contributed by atoms with van der Waals surface area (Å²) in [6, 6.07) is -1.33. The molecule has 5 amide bonds. The van der Waals surface area contributed by atoms with Crippen LogP contribution in [0.2, 0.25) is 0 Å². The molecule has 11 nitrogen and oxygen atoms in total. The second-order valence-corrected chi connectivity index (χ2v) is 6.92. The van der Waals surface area contributed by atoms with Gasteiger partial charge in [-0.3, -0.25) is 14.5 Å². The van der Waals surface area contributed by atoms with E-state index < -0.39 is 24.1 Å². The molecule has 11 heteroatoms. The van der Waals surface area contributed by atoms with Crippen LogP contribution in [0.4, 0.5) is 9.59 Å². The van der Waals surface area contributed by atoms with Gasteiger partial charge in [0, 0.05) is 39.8 Å². The average Bonchev–Trinajstić information content (AvgIpc) is 2.70. The van der Waals surface area contributed by atoms with E-state index in [0.717, 1.165) is 4.90 Å². The number of hydrogen-bond acceptors (Lipinski definition) is 7. The first kappa shape index (κ1) is 22.3. The highest BCUT2D eigenvalue weighted by Gasteiger charge is 2.54. The molecule has 162 valence electrons. The lowest BCUT2D eigenvalue weighted by Gasteiger charge is -2.47. The maximum atomic E-state index is 12.9. The fourth-order valence-corrected chi connectivity index (χ4v) is 3.51. The SMILES string of the molecule is C=C(N)NCCCC1C(=O)N(C(=O)N2CCN(C(=O)OCC)CC2)C1C(=O)NC. The van der Waals surface area contributed by atoms with E-state index in [0.29, 0.717) is 38.3 Å². The van der Waals surface area contributed by atoms with Gasteiger partial charge in [0.15, 0.2) is 0 Å². The van der Waals surface area contributed by atoms with Crippen molar-refractivity contribution in [2.45, 2.75) is 25.8 Å². The smallest absolute Gasteiger partial charge is 0.409 e. The Bertz CT molecular complexity index is 661. The van der Waals surface area contributed by atoms with Gasteiger partial charge >= 0.3 is 12.1 Å². The van der Waals surface area contributed by atoms with Gasteiger partial charge in [-0.25, -0.2) is 9.59 Å². The average molecular weight is 410 g/mol. The summed E-state index contributed by atoms with van der Waals surface area (Å²) in [7, 11) is 1.48. The molecule has 0 aromatic rings. The fourth-order valence-electron chi connectivity index (χ4n) is 3.51. The summed E-state index contributed by atoms with van der Waals surface area (Å²) in [6.45, 7) is 7.25. The first-order valence-corrected chi connectivity index (χ1v) is 9.75. The molecule has 2 rings (SSSR count). The highest BCUT2D eigenvalue weighted by atomic mass is 16.6. The van der Waals surface area contributed by atoms with Crippen LogP contribution < -0.4 is 16.4 Å². The second kappa shape index (κ2) is 9.99. The standard InChI is InChI=1S/C18H30N6O5/c1-4-29-18(28)23-10-8-22(9-11-23)17(27)24-14(15(25)20-3)13(16(24)26)6-5-7-21-12(2)19/h13-14,21H,2,4-11,19H2,1,3H3,(H,20,25). The van der Waals surface area contributed by atoms with E-state index >= 15 is 0 Å². The third-order valence-corrected chi connectivity index (χ3v) is 5.06. The van der Waals surface area contributed by atoms with E-state index in [-0.39, 0.29) is 31.5 Å². The Labute approximate surface area is 170 Å². The van der Waals surface area contributed by atoms with Crippen LogP contribution >= 0.6 is 0 Å². The number of urea groups is 1. The minimum absolute atomic E-state index is 0.273. The molecular weight excluding hydrogens is 380 g/mol. The van der Waals surface area contributed by atoms with Crippen molar-refractivity contribution in [3.8, 4) is 0 Å². The zero-order valence-electron chi connectivity index (χ0n) is 17.0. The number of likely N-dealkylation sites (N-methyl/N-ethyl adjacent to an activating group) is 1. The molecule has 0 spiro atoms. The van der Waals surface area contributed by atoms with E-state index in [1.807, 2.05) is 0 Å². The lowest BCUT2D eigenvalue weighted by Crippen LogP contribution is -2.70. The van der Waals surface area contributed by atoms with Crippen molar-refractivity contribution < 1.29 is 23.9 Å². The van der Waals surface area contributed by atoms with E-state index in [9.17, 15) is 19.2 Å². The highest BCUT2D eigenvalue weighted by molar-refractivity contribution is 6.08. The lowest BCUT2D eigenvalue weighted by atomic mass is 9.83. The first-order valence-electron chi connectivity index (χ1n) is 9.75. The third kappa shape index (κ3) is 5.09. The molecule has 4 N–H and O–H groups in total. The van der Waals surface area contributed by atoms with Gasteiger partial charge in [-0.05, 0) is 19.8 Å². The Morgan fingerprint density at radius 3 is 2.38 bits per heavy atom. The van der Waals surface area contributed by atoms with Crippen molar-refractivity contribution in [1.29, 1.82) is 0 Å². The number of carbonyl (C=O) groups excluding carboxylic acids is 4. The van der Waals surface area contributed by atoms with E-state index in [1.165, 1.54) is 16.8 Å². The maximum absolute atomic E-state index is 12.9. The highest BCUT2D eigenvalue weighted by Crippen LogP contribution is 2.32. The van der Waals surface area contributed by atoms with Gasteiger partial charge in [0.1, 0.15) is 6.04 Å². The number of amides is 5. The molecule has 0 bridgehead atoms. The van der Waals surface area contributed by atoms with Crippen LogP contribution in [-0.2, 0) is 14.3 Å². The largest absolute Gasteiger partial charge is 0.450 e. The van der Waals surface area contributed by atoms with E-state index in [2.05, 4.69) is 17.2 Å². The molecule has 29 heavy (non-hydrogen) atoms. The van der Waals surface area contributed by atoms with Crippen molar-refractivity contribution in [2.75, 3.05) is 46.4 Å². The Balaban J connectivity index is 1.95. The molecular formula is C18H30N6O5. The van der Waals surface area contributed by atoms with Gasteiger partial charge < -0.3 is 30.9 Å². The fraction of sp³-hybridized carbons (Fsp3) is 0.667. The summed E-state index contributed by atoms with van der Waals surface area (Å²) < 4.78 is 4.96. The van der Waals surface area contributed by atoms with Crippen LogP contribution in [-0.4, -0.2) is 91.1 Å². The molecule has 2 fully saturated rings. The number of β-lactam (4-membered cyclic amide) rings is 1. The quantitative estimate of drug-likeness (QED) is 0.371. The minimum Gasteiger partial charge on any atom is -0.450 e. The Morgan fingerprint density at radius 2 is 1.83 bits per heavy atom. The predicted molar refractivity (Wildman–Crippen MR) is 104 cm³/mol. The molecule has 0 aromatic heterocycles. The maximum Gasteiger partial charge on any atom is 0.409 e. The zero-order chi connectivity index (χ0) is 21.6. The van der Waals surface area contributed by atoms with E-state index in [4.69, 9.17) is 10.5 Å². The summed E-state index contributed by atoms with van der Waals surface area (Å²) in [5.74, 6) is -0.939. The van der Waals surface area contributed by atoms with Crippen LogP contribution in [0.1, 0.15) is 19.8 Å². The summed E-state index contributed by atoms with van der Waals surface area (Å²) >= 11 is 0. The van der Waals surface area contributed by atoms with Crippen molar-refractivity contribution >= 4 is 23.9 Å². The van der Waals surface area contributed by atoms with Gasteiger partial charge in [-0.15, -0.1) is 0 Å². The van der Waals surface area contributed by atoms with Crippen LogP contribution in [0.5, 0.6) is 0 Å². The molecule has 2 atom stereocenters. The number of nitrogens with two attached hydrogens (primary N) is 1. The van der Waals surface area contributed by atoms with Crippen LogP contribution in [0.25, 0.3) is 0 Å². The van der Waals surface area contributed by atoms with Crippen molar-refractivity contribution in [1.82, 2.24) is 25.3 Å². The molecule has 0 saturated carbocycles. The number of nitrogens with zero attached hydrogens (tertiary/aromatic N) is 3. The van der Waals surface area contributed by atoms with Gasteiger partial charge in [0.25, 0.3) is 0 Å². The summed E-state index contributed by atoms with van der Waals surface area (Å²) in [5, 5.41) is 5.40.